The Hall–Kier alpha value is -1.77. The zero-order valence-corrected chi connectivity index (χ0v) is 67.4. The highest BCUT2D eigenvalue weighted by Crippen LogP contribution is 2.38. The van der Waals surface area contributed by atoms with Crippen molar-refractivity contribution in [3.63, 3.8) is 0 Å². The maximum absolute atomic E-state index is 12.9. The first-order valence-corrected chi connectivity index (χ1v) is 45.2. The van der Waals surface area contributed by atoms with Crippen molar-refractivity contribution in [2.75, 3.05) is 47.5 Å². The van der Waals surface area contributed by atoms with Gasteiger partial charge in [-0.3, -0.25) is 14.2 Å². The van der Waals surface area contributed by atoms with Crippen LogP contribution in [0.3, 0.4) is 0 Å². The van der Waals surface area contributed by atoms with E-state index in [-0.39, 0.29) is 32.0 Å². The lowest BCUT2D eigenvalue weighted by molar-refractivity contribution is -0.870. The first-order chi connectivity index (χ1) is 48.0. The minimum Gasteiger partial charge on any atom is -0.756 e. The molecule has 0 fully saturated rings. The largest absolute Gasteiger partial charge is 0.756 e. The first kappa shape index (κ1) is 96.2. The van der Waals surface area contributed by atoms with Gasteiger partial charge in [0.1, 0.15) is 19.8 Å². The molecule has 0 amide bonds. The molecule has 0 aromatic carbocycles. The van der Waals surface area contributed by atoms with Crippen LogP contribution in [0.5, 0.6) is 0 Å². The van der Waals surface area contributed by atoms with Crippen molar-refractivity contribution in [3.05, 3.63) is 36.5 Å². The Bertz CT molecular complexity index is 1740. The molecule has 0 N–H and O–H groups in total. The minimum absolute atomic E-state index is 0.0266. The highest BCUT2D eigenvalue weighted by atomic mass is 31.2. The Morgan fingerprint density at radius 2 is 0.551 bits per heavy atom. The second-order valence-electron chi connectivity index (χ2n) is 31.3. The molecule has 0 saturated carbocycles. The summed E-state index contributed by atoms with van der Waals surface area (Å²) in [6, 6.07) is 0. The predicted molar refractivity (Wildman–Crippen MR) is 425 cm³/mol. The van der Waals surface area contributed by atoms with Gasteiger partial charge in [0.05, 0.1) is 27.7 Å². The van der Waals surface area contributed by atoms with E-state index in [2.05, 4.69) is 50.3 Å². The van der Waals surface area contributed by atoms with E-state index < -0.39 is 26.5 Å². The number of carbonyl (C=O) groups is 2. The number of unbranched alkanes of at least 4 members (excludes halogenated alkanes) is 63. The van der Waals surface area contributed by atoms with E-state index in [0.29, 0.717) is 17.4 Å². The van der Waals surface area contributed by atoms with Crippen LogP contribution in [-0.4, -0.2) is 70.0 Å². The molecule has 580 valence electrons. The van der Waals surface area contributed by atoms with E-state index in [1.165, 1.54) is 392 Å². The van der Waals surface area contributed by atoms with Crippen LogP contribution >= 0.6 is 7.82 Å². The molecule has 2 atom stereocenters. The number of ether oxygens (including phenoxy) is 2. The summed E-state index contributed by atoms with van der Waals surface area (Å²) in [7, 11) is 1.20. The van der Waals surface area contributed by atoms with Gasteiger partial charge in [-0.15, -0.1) is 0 Å². The van der Waals surface area contributed by atoms with Gasteiger partial charge in [0.25, 0.3) is 7.82 Å². The zero-order valence-electron chi connectivity index (χ0n) is 66.5. The highest BCUT2D eigenvalue weighted by Gasteiger charge is 2.22. The van der Waals surface area contributed by atoms with Crippen LogP contribution in [0.1, 0.15) is 463 Å². The summed E-state index contributed by atoms with van der Waals surface area (Å²) >= 11 is 0. The lowest BCUT2D eigenvalue weighted by Crippen LogP contribution is -2.37. The van der Waals surface area contributed by atoms with Crippen molar-refractivity contribution in [2.45, 2.75) is 469 Å². The number of esters is 2. The summed E-state index contributed by atoms with van der Waals surface area (Å²) in [5.41, 5.74) is 0. The van der Waals surface area contributed by atoms with E-state index >= 15 is 0 Å². The molecule has 0 aromatic heterocycles. The monoisotopic (exact) mass is 1400 g/mol. The van der Waals surface area contributed by atoms with E-state index in [1.807, 2.05) is 21.1 Å². The zero-order chi connectivity index (χ0) is 71.1. The van der Waals surface area contributed by atoms with Gasteiger partial charge in [0.2, 0.25) is 0 Å². The van der Waals surface area contributed by atoms with Crippen LogP contribution in [0.15, 0.2) is 36.5 Å². The third kappa shape index (κ3) is 83.2. The quantitative estimate of drug-likeness (QED) is 0.0195. The second kappa shape index (κ2) is 79.3. The first-order valence-electron chi connectivity index (χ1n) is 43.7. The number of allylic oxidation sites excluding steroid dienone is 6. The van der Waals surface area contributed by atoms with E-state index in [1.54, 1.807) is 0 Å². The molecule has 10 heteroatoms. The number of likely N-dealkylation sites (N-methyl/N-ethyl adjacent to an activating group) is 1. The summed E-state index contributed by atoms with van der Waals surface area (Å²) < 4.78 is 34.5. The van der Waals surface area contributed by atoms with Gasteiger partial charge in [-0.05, 0) is 70.6 Å². The number of phosphoric ester groups is 1. The number of quaternary nitrogens is 1. The third-order valence-electron chi connectivity index (χ3n) is 20.1. The molecule has 0 aliphatic rings. The summed E-state index contributed by atoms with van der Waals surface area (Å²) in [6.45, 7) is 4.32. The van der Waals surface area contributed by atoms with Crippen molar-refractivity contribution >= 4 is 19.8 Å². The normalized spacial score (nSPS) is 13.1. The van der Waals surface area contributed by atoms with Crippen LogP contribution < -0.4 is 4.89 Å². The summed E-state index contributed by atoms with van der Waals surface area (Å²) in [5.74, 6) is -0.804. The van der Waals surface area contributed by atoms with Crippen LogP contribution in [0.2, 0.25) is 0 Å². The van der Waals surface area contributed by atoms with Gasteiger partial charge in [-0.25, -0.2) is 0 Å². The van der Waals surface area contributed by atoms with Gasteiger partial charge < -0.3 is 27.9 Å². The standard InChI is InChI=1S/C88H170NO8P/c1-6-8-10-12-14-16-18-20-22-24-26-28-30-32-34-36-38-40-42-44-46-48-50-52-54-56-58-60-62-64-66-68-70-72-74-76-78-80-87(90)94-84-86(85-96-98(92,93)95-83-82-89(3,4)5)97-88(91)81-79-77-75-73-71-69-67-65-63-61-59-57-55-53-51-49-47-45-43-41-39-37-35-33-31-29-27-25-23-21-19-17-15-13-11-9-7-2/h19,21,24-27,86H,6-18,20,22-23,28-85H2,1-5H3/b21-19-,26-24-,27-25-. The summed E-state index contributed by atoms with van der Waals surface area (Å²) in [4.78, 5) is 38.2. The molecule has 0 rings (SSSR count). The fourth-order valence-electron chi connectivity index (χ4n) is 13.5. The predicted octanol–water partition coefficient (Wildman–Crippen LogP) is 28.7. The lowest BCUT2D eigenvalue weighted by atomic mass is 10.0. The van der Waals surface area contributed by atoms with Gasteiger partial charge >= 0.3 is 11.9 Å². The number of carbonyl (C=O) groups excluding carboxylic acids is 2. The fraction of sp³-hybridized carbons (Fsp3) is 0.909. The van der Waals surface area contributed by atoms with Crippen molar-refractivity contribution < 1.29 is 42.1 Å². The molecular formula is C88H170NO8P. The van der Waals surface area contributed by atoms with Crippen LogP contribution in [0.4, 0.5) is 0 Å². The molecule has 0 radical (unpaired) electrons. The molecule has 0 aliphatic carbocycles. The van der Waals surface area contributed by atoms with E-state index in [9.17, 15) is 19.0 Å². The Morgan fingerprint density at radius 1 is 0.316 bits per heavy atom. The maximum atomic E-state index is 12.9. The second-order valence-corrected chi connectivity index (χ2v) is 32.7. The molecule has 98 heavy (non-hydrogen) atoms. The minimum atomic E-state index is -4.64. The SMILES string of the molecule is CCCCCCC/C=C\C/C=C\CCCCCCCCCCCCCCCCCCCCCCCCCCCC(=O)OC(COC(=O)CCCCCCCCCCCCCCCCCCCCCCCCCCC/C=C\CCCCCCCCCC)COP(=O)([O-])OCC[N+](C)(C)C. The Kier molecular flexibility index (Phi) is 77.9. The molecule has 0 saturated heterocycles. The Balaban J connectivity index is 3.85. The fourth-order valence-corrected chi connectivity index (χ4v) is 14.2. The van der Waals surface area contributed by atoms with Gasteiger partial charge in [0, 0.05) is 12.8 Å². The Morgan fingerprint density at radius 3 is 0.816 bits per heavy atom. The van der Waals surface area contributed by atoms with E-state index in [0.717, 1.165) is 38.5 Å². The van der Waals surface area contributed by atoms with Crippen LogP contribution in [0.25, 0.3) is 0 Å². The molecular weight excluding hydrogens is 1230 g/mol. The van der Waals surface area contributed by atoms with E-state index in [4.69, 9.17) is 18.5 Å². The smallest absolute Gasteiger partial charge is 0.306 e. The van der Waals surface area contributed by atoms with Crippen molar-refractivity contribution in [2.24, 2.45) is 0 Å². The molecule has 0 heterocycles. The average Bonchev–Trinajstić information content (AvgIpc) is 1.08. The summed E-state index contributed by atoms with van der Waals surface area (Å²) in [6.07, 6.45) is 105. The topological polar surface area (TPSA) is 111 Å². The number of hydrogen-bond donors (Lipinski definition) is 0. The average molecular weight is 1400 g/mol. The third-order valence-corrected chi connectivity index (χ3v) is 21.1. The highest BCUT2D eigenvalue weighted by molar-refractivity contribution is 7.45. The molecule has 0 bridgehead atoms. The van der Waals surface area contributed by atoms with Crippen LogP contribution in [0, 0.1) is 0 Å². The Labute approximate surface area is 612 Å². The van der Waals surface area contributed by atoms with Crippen molar-refractivity contribution in [1.29, 1.82) is 0 Å². The maximum Gasteiger partial charge on any atom is 0.306 e. The number of hydrogen-bond acceptors (Lipinski definition) is 8. The number of nitrogens with zero attached hydrogens (tertiary/aromatic N) is 1. The number of phosphoric acid groups is 1. The van der Waals surface area contributed by atoms with Gasteiger partial charge in [-0.1, -0.05) is 416 Å². The molecule has 0 aliphatic heterocycles. The summed E-state index contributed by atoms with van der Waals surface area (Å²) in [5, 5.41) is 0. The van der Waals surface area contributed by atoms with Crippen molar-refractivity contribution in [1.82, 2.24) is 0 Å². The van der Waals surface area contributed by atoms with Gasteiger partial charge in [0.15, 0.2) is 6.10 Å². The van der Waals surface area contributed by atoms with Gasteiger partial charge in [-0.2, -0.15) is 0 Å². The van der Waals surface area contributed by atoms with Crippen molar-refractivity contribution in [3.8, 4) is 0 Å². The van der Waals surface area contributed by atoms with Crippen LogP contribution in [-0.2, 0) is 32.7 Å². The number of rotatable bonds is 83. The molecule has 0 spiro atoms. The molecule has 2 unspecified atom stereocenters. The molecule has 9 nitrogen and oxygen atoms in total. The lowest BCUT2D eigenvalue weighted by Gasteiger charge is -2.28. The molecule has 0 aromatic rings.